The zero-order chi connectivity index (χ0) is 24.8. The molecule has 0 saturated heterocycles. The molecule has 180 valence electrons. The first-order valence-electron chi connectivity index (χ1n) is 11.0. The average Bonchev–Trinajstić information content (AvgIpc) is 2.85. The molecule has 0 atom stereocenters. The van der Waals surface area contributed by atoms with Crippen LogP contribution in [0.3, 0.4) is 0 Å². The molecule has 0 bridgehead atoms. The highest BCUT2D eigenvalue weighted by Gasteiger charge is 2.22. The van der Waals surface area contributed by atoms with Crippen molar-refractivity contribution in [1.29, 1.82) is 0 Å². The number of hydrogen-bond acceptors (Lipinski definition) is 4. The minimum atomic E-state index is -3.69. The van der Waals surface area contributed by atoms with E-state index in [1.165, 1.54) is 12.1 Å². The van der Waals surface area contributed by atoms with Crippen LogP contribution in [0.1, 0.15) is 11.1 Å². The number of amides is 1. The van der Waals surface area contributed by atoms with Crippen LogP contribution in [0.15, 0.2) is 91.0 Å². The van der Waals surface area contributed by atoms with Crippen molar-refractivity contribution in [2.75, 3.05) is 17.1 Å². The molecule has 4 aromatic carbocycles. The molecule has 1 N–H and O–H groups in total. The molecule has 0 aromatic heterocycles. The zero-order valence-electron chi connectivity index (χ0n) is 19.1. The Bertz CT molecular complexity index is 1420. The van der Waals surface area contributed by atoms with E-state index in [1.54, 1.807) is 36.4 Å². The molecule has 4 aromatic rings. The van der Waals surface area contributed by atoms with E-state index in [4.69, 9.17) is 4.74 Å². The van der Waals surface area contributed by atoms with E-state index in [9.17, 15) is 17.6 Å². The fourth-order valence-corrected chi connectivity index (χ4v) is 4.51. The highest BCUT2D eigenvalue weighted by molar-refractivity contribution is 7.92. The van der Waals surface area contributed by atoms with E-state index < -0.39 is 15.9 Å². The highest BCUT2D eigenvalue weighted by atomic mass is 32.2. The molecular weight excluding hydrogens is 467 g/mol. The SMILES string of the molecule is CS(=O)(=O)N(CC(=O)NCc1ccc(OCc2ccc(F)cc2)cc1)c1cccc2ccccc12. The van der Waals surface area contributed by atoms with Crippen molar-refractivity contribution in [3.05, 3.63) is 108 Å². The predicted molar refractivity (Wildman–Crippen MR) is 135 cm³/mol. The van der Waals surface area contributed by atoms with E-state index in [0.29, 0.717) is 18.0 Å². The van der Waals surface area contributed by atoms with Crippen molar-refractivity contribution in [3.8, 4) is 5.75 Å². The second-order valence-corrected chi connectivity index (χ2v) is 10.0. The molecule has 0 saturated carbocycles. The summed E-state index contributed by atoms with van der Waals surface area (Å²) in [5.74, 6) is -0.0690. The molecule has 35 heavy (non-hydrogen) atoms. The summed E-state index contributed by atoms with van der Waals surface area (Å²) in [7, 11) is -3.69. The first kappa shape index (κ1) is 24.2. The van der Waals surface area contributed by atoms with Gasteiger partial charge in [0.2, 0.25) is 15.9 Å². The third kappa shape index (κ3) is 6.36. The molecule has 0 aliphatic heterocycles. The maximum atomic E-state index is 13.0. The van der Waals surface area contributed by atoms with Gasteiger partial charge >= 0.3 is 0 Å². The van der Waals surface area contributed by atoms with Crippen molar-refractivity contribution < 1.29 is 22.3 Å². The van der Waals surface area contributed by atoms with E-state index in [0.717, 1.165) is 32.5 Å². The van der Waals surface area contributed by atoms with Gasteiger partial charge in [-0.1, -0.05) is 60.7 Å². The first-order chi connectivity index (χ1) is 16.8. The highest BCUT2D eigenvalue weighted by Crippen LogP contribution is 2.28. The molecule has 0 aliphatic rings. The lowest BCUT2D eigenvalue weighted by Crippen LogP contribution is -2.40. The summed E-state index contributed by atoms with van der Waals surface area (Å²) in [4.78, 5) is 12.7. The summed E-state index contributed by atoms with van der Waals surface area (Å²) in [5.41, 5.74) is 2.15. The first-order valence-corrected chi connectivity index (χ1v) is 12.8. The number of anilines is 1. The molecule has 0 aliphatic carbocycles. The van der Waals surface area contributed by atoms with Gasteiger partial charge in [-0.2, -0.15) is 0 Å². The van der Waals surface area contributed by atoms with Crippen LogP contribution in [-0.2, 0) is 28.0 Å². The number of hydrogen-bond donors (Lipinski definition) is 1. The van der Waals surface area contributed by atoms with Gasteiger partial charge in [-0.3, -0.25) is 9.10 Å². The van der Waals surface area contributed by atoms with Crippen molar-refractivity contribution in [2.45, 2.75) is 13.2 Å². The van der Waals surface area contributed by atoms with Gasteiger partial charge in [0.1, 0.15) is 24.7 Å². The molecule has 0 radical (unpaired) electrons. The molecule has 0 unspecified atom stereocenters. The zero-order valence-corrected chi connectivity index (χ0v) is 20.0. The van der Waals surface area contributed by atoms with E-state index in [2.05, 4.69) is 5.32 Å². The van der Waals surface area contributed by atoms with E-state index in [1.807, 2.05) is 42.5 Å². The largest absolute Gasteiger partial charge is 0.489 e. The van der Waals surface area contributed by atoms with Gasteiger partial charge in [-0.05, 0) is 46.8 Å². The van der Waals surface area contributed by atoms with Gasteiger partial charge in [-0.15, -0.1) is 0 Å². The number of halogens is 1. The second-order valence-electron chi connectivity index (χ2n) is 8.10. The van der Waals surface area contributed by atoms with Crippen LogP contribution >= 0.6 is 0 Å². The Morgan fingerprint density at radius 1 is 0.886 bits per heavy atom. The monoisotopic (exact) mass is 492 g/mol. The number of nitrogens with zero attached hydrogens (tertiary/aromatic N) is 1. The minimum Gasteiger partial charge on any atom is -0.489 e. The van der Waals surface area contributed by atoms with E-state index in [-0.39, 0.29) is 18.9 Å². The molecule has 0 spiro atoms. The number of carbonyl (C=O) groups is 1. The van der Waals surface area contributed by atoms with Crippen LogP contribution in [0.2, 0.25) is 0 Å². The molecule has 8 heteroatoms. The second kappa shape index (κ2) is 10.6. The predicted octanol–water partition coefficient (Wildman–Crippen LogP) is 4.64. The lowest BCUT2D eigenvalue weighted by molar-refractivity contribution is -0.119. The third-order valence-electron chi connectivity index (χ3n) is 5.45. The van der Waals surface area contributed by atoms with Gasteiger partial charge in [0, 0.05) is 11.9 Å². The normalized spacial score (nSPS) is 11.3. The van der Waals surface area contributed by atoms with Crippen LogP contribution < -0.4 is 14.4 Å². The number of carbonyl (C=O) groups excluding carboxylic acids is 1. The van der Waals surface area contributed by atoms with Crippen LogP contribution in [-0.4, -0.2) is 27.1 Å². The fraction of sp³-hybridized carbons (Fsp3) is 0.148. The number of nitrogens with one attached hydrogen (secondary N) is 1. The summed E-state index contributed by atoms with van der Waals surface area (Å²) in [5, 5.41) is 4.42. The summed E-state index contributed by atoms with van der Waals surface area (Å²) < 4.78 is 44.9. The quantitative estimate of drug-likeness (QED) is 0.369. The van der Waals surface area contributed by atoms with Gasteiger partial charge in [0.05, 0.1) is 11.9 Å². The Labute approximate surface area is 204 Å². The van der Waals surface area contributed by atoms with Gasteiger partial charge in [0.25, 0.3) is 0 Å². The van der Waals surface area contributed by atoms with Gasteiger partial charge in [-0.25, -0.2) is 12.8 Å². The van der Waals surface area contributed by atoms with Crippen LogP contribution in [0.4, 0.5) is 10.1 Å². The van der Waals surface area contributed by atoms with Crippen LogP contribution in [0.5, 0.6) is 5.75 Å². The van der Waals surface area contributed by atoms with Crippen LogP contribution in [0.25, 0.3) is 10.8 Å². The Morgan fingerprint density at radius 3 is 2.26 bits per heavy atom. The summed E-state index contributed by atoms with van der Waals surface area (Å²) in [6.07, 6.45) is 1.09. The number of sulfonamides is 1. The Kier molecular flexibility index (Phi) is 7.31. The maximum absolute atomic E-state index is 13.0. The Balaban J connectivity index is 1.37. The molecular formula is C27H25FN2O4S. The summed E-state index contributed by atoms with van der Waals surface area (Å²) in [6, 6.07) is 26.1. The lowest BCUT2D eigenvalue weighted by Gasteiger charge is -2.23. The topological polar surface area (TPSA) is 75.7 Å². The lowest BCUT2D eigenvalue weighted by atomic mass is 10.1. The number of ether oxygens (including phenoxy) is 1. The molecule has 0 heterocycles. The molecule has 1 amide bonds. The number of rotatable bonds is 9. The third-order valence-corrected chi connectivity index (χ3v) is 6.58. The fourth-order valence-electron chi connectivity index (χ4n) is 3.64. The van der Waals surface area contributed by atoms with Gasteiger partial charge < -0.3 is 10.1 Å². The number of benzene rings is 4. The van der Waals surface area contributed by atoms with Crippen molar-refractivity contribution in [3.63, 3.8) is 0 Å². The summed E-state index contributed by atoms with van der Waals surface area (Å²) in [6.45, 7) is 0.224. The van der Waals surface area contributed by atoms with Gasteiger partial charge in [0.15, 0.2) is 0 Å². The van der Waals surface area contributed by atoms with Crippen molar-refractivity contribution >= 4 is 32.4 Å². The smallest absolute Gasteiger partial charge is 0.241 e. The van der Waals surface area contributed by atoms with Crippen LogP contribution in [0, 0.1) is 5.82 Å². The molecule has 4 rings (SSSR count). The standard InChI is InChI=1S/C27H25FN2O4S/c1-35(32,33)30(26-8-4-6-22-5-2-3-7-25(22)26)18-27(31)29-17-20-11-15-24(16-12-20)34-19-21-9-13-23(28)14-10-21/h2-16H,17-19H2,1H3,(H,29,31). The average molecular weight is 493 g/mol. The van der Waals surface area contributed by atoms with E-state index >= 15 is 0 Å². The minimum absolute atomic E-state index is 0.240. The Morgan fingerprint density at radius 2 is 1.54 bits per heavy atom. The molecule has 0 fully saturated rings. The Hall–Kier alpha value is -3.91. The molecule has 6 nitrogen and oxygen atoms in total. The van der Waals surface area contributed by atoms with Crippen molar-refractivity contribution in [2.24, 2.45) is 0 Å². The summed E-state index contributed by atoms with van der Waals surface area (Å²) >= 11 is 0. The van der Waals surface area contributed by atoms with Crippen molar-refractivity contribution in [1.82, 2.24) is 5.32 Å². The number of fused-ring (bicyclic) bond motifs is 1. The maximum Gasteiger partial charge on any atom is 0.241 e.